The van der Waals surface area contributed by atoms with Crippen molar-refractivity contribution in [2.45, 2.75) is 20.8 Å². The Morgan fingerprint density at radius 1 is 1.19 bits per heavy atom. The van der Waals surface area contributed by atoms with Gasteiger partial charge >= 0.3 is 5.97 Å². The summed E-state index contributed by atoms with van der Waals surface area (Å²) in [5.74, 6) is -2.63. The maximum Gasteiger partial charge on any atom is 0.344 e. The highest BCUT2D eigenvalue weighted by atomic mass is 19.1. The molecule has 2 aromatic rings. The van der Waals surface area contributed by atoms with Crippen LogP contribution in [0.4, 0.5) is 10.3 Å². The van der Waals surface area contributed by atoms with Crippen LogP contribution in [0.1, 0.15) is 40.3 Å². The molecule has 0 saturated heterocycles. The van der Waals surface area contributed by atoms with Crippen LogP contribution in [0, 0.1) is 12.7 Å². The van der Waals surface area contributed by atoms with Gasteiger partial charge in [-0.15, -0.1) is 0 Å². The van der Waals surface area contributed by atoms with E-state index in [0.29, 0.717) is 0 Å². The number of para-hydroxylation sites is 1. The summed E-state index contributed by atoms with van der Waals surface area (Å²) >= 11 is 0. The van der Waals surface area contributed by atoms with Gasteiger partial charge in [-0.1, -0.05) is 12.1 Å². The summed E-state index contributed by atoms with van der Waals surface area (Å²) in [5, 5.41) is 2.35. The molecule has 1 N–H and O–H groups in total. The molecule has 0 fully saturated rings. The molecule has 1 aromatic heterocycles. The monoisotopic (exact) mass is 363 g/mol. The van der Waals surface area contributed by atoms with E-state index in [1.165, 1.54) is 32.0 Å². The molecular formula is C18H18FNO6. The Balaban J connectivity index is 2.19. The predicted octanol–water partition coefficient (Wildman–Crippen LogP) is 3.12. The summed E-state index contributed by atoms with van der Waals surface area (Å²) < 4.78 is 28.8. The fourth-order valence-electron chi connectivity index (χ4n) is 2.32. The van der Waals surface area contributed by atoms with E-state index in [0.717, 1.165) is 0 Å². The Hall–Kier alpha value is -3.16. The normalized spacial score (nSPS) is 10.3. The molecule has 8 heteroatoms. The SMILES string of the molecule is CCOC(=O)c1c(NC(=O)COc2ccccc2F)oc(C)c1C(C)=O. The van der Waals surface area contributed by atoms with Crippen molar-refractivity contribution in [3.63, 3.8) is 0 Å². The van der Waals surface area contributed by atoms with Crippen molar-refractivity contribution in [3.8, 4) is 5.75 Å². The number of hydrogen-bond acceptors (Lipinski definition) is 6. The van der Waals surface area contributed by atoms with Crippen LogP contribution in [-0.4, -0.2) is 30.9 Å². The maximum atomic E-state index is 13.5. The zero-order valence-corrected chi connectivity index (χ0v) is 14.6. The van der Waals surface area contributed by atoms with Crippen molar-refractivity contribution in [2.75, 3.05) is 18.5 Å². The molecule has 0 spiro atoms. The highest BCUT2D eigenvalue weighted by Gasteiger charge is 2.28. The summed E-state index contributed by atoms with van der Waals surface area (Å²) in [4.78, 5) is 36.0. The number of ketones is 1. The molecular weight excluding hydrogens is 345 g/mol. The molecule has 0 unspecified atom stereocenters. The van der Waals surface area contributed by atoms with Crippen molar-refractivity contribution in [1.82, 2.24) is 0 Å². The first-order valence-corrected chi connectivity index (χ1v) is 7.83. The van der Waals surface area contributed by atoms with Gasteiger partial charge < -0.3 is 13.9 Å². The third kappa shape index (κ3) is 4.27. The van der Waals surface area contributed by atoms with Gasteiger partial charge in [-0.25, -0.2) is 9.18 Å². The van der Waals surface area contributed by atoms with Crippen molar-refractivity contribution in [2.24, 2.45) is 0 Å². The first kappa shape index (κ1) is 19.2. The van der Waals surface area contributed by atoms with Crippen molar-refractivity contribution < 1.29 is 32.7 Å². The smallest absolute Gasteiger partial charge is 0.344 e. The van der Waals surface area contributed by atoms with Crippen LogP contribution in [0.3, 0.4) is 0 Å². The number of esters is 1. The number of Topliss-reactive ketones (excluding diaryl/α,β-unsaturated/α-hetero) is 1. The van der Waals surface area contributed by atoms with Gasteiger partial charge in [0, 0.05) is 0 Å². The van der Waals surface area contributed by atoms with Crippen LogP contribution in [0.25, 0.3) is 0 Å². The first-order chi connectivity index (χ1) is 12.3. The van der Waals surface area contributed by atoms with Gasteiger partial charge in [-0.3, -0.25) is 14.9 Å². The number of benzene rings is 1. The molecule has 0 aliphatic rings. The van der Waals surface area contributed by atoms with Crippen LogP contribution in [0.2, 0.25) is 0 Å². The van der Waals surface area contributed by atoms with Crippen LogP contribution < -0.4 is 10.1 Å². The molecule has 1 aromatic carbocycles. The third-order valence-electron chi connectivity index (χ3n) is 3.36. The van der Waals surface area contributed by atoms with E-state index in [-0.39, 0.29) is 35.1 Å². The number of carbonyl (C=O) groups is 3. The number of amides is 1. The lowest BCUT2D eigenvalue weighted by Crippen LogP contribution is -2.22. The van der Waals surface area contributed by atoms with Crippen LogP contribution >= 0.6 is 0 Å². The van der Waals surface area contributed by atoms with E-state index in [1.54, 1.807) is 13.0 Å². The van der Waals surface area contributed by atoms with Gasteiger partial charge in [-0.05, 0) is 32.9 Å². The predicted molar refractivity (Wildman–Crippen MR) is 89.9 cm³/mol. The fourth-order valence-corrected chi connectivity index (χ4v) is 2.32. The molecule has 138 valence electrons. The van der Waals surface area contributed by atoms with Gasteiger partial charge in [0.15, 0.2) is 24.0 Å². The van der Waals surface area contributed by atoms with Crippen LogP contribution in [0.15, 0.2) is 28.7 Å². The molecule has 0 atom stereocenters. The quantitative estimate of drug-likeness (QED) is 0.600. The lowest BCUT2D eigenvalue weighted by molar-refractivity contribution is -0.118. The van der Waals surface area contributed by atoms with Crippen LogP contribution in [-0.2, 0) is 9.53 Å². The first-order valence-electron chi connectivity index (χ1n) is 7.83. The molecule has 2 rings (SSSR count). The van der Waals surface area contributed by atoms with Gasteiger partial charge in [-0.2, -0.15) is 0 Å². The standard InChI is InChI=1S/C18H18FNO6/c1-4-24-18(23)16-15(10(2)21)11(3)26-17(16)20-14(22)9-25-13-8-6-5-7-12(13)19/h5-8H,4,9H2,1-3H3,(H,20,22). The minimum atomic E-state index is -0.792. The highest BCUT2D eigenvalue weighted by Crippen LogP contribution is 2.28. The van der Waals surface area contributed by atoms with E-state index in [1.807, 2.05) is 0 Å². The molecule has 1 amide bonds. The molecule has 0 saturated carbocycles. The number of nitrogens with one attached hydrogen (secondary N) is 1. The van der Waals surface area contributed by atoms with Gasteiger partial charge in [0.05, 0.1) is 12.2 Å². The Bertz CT molecular complexity index is 842. The van der Waals surface area contributed by atoms with Gasteiger partial charge in [0.25, 0.3) is 5.91 Å². The number of anilines is 1. The van der Waals surface area contributed by atoms with Crippen molar-refractivity contribution >= 4 is 23.5 Å². The molecule has 0 bridgehead atoms. The van der Waals surface area contributed by atoms with E-state index >= 15 is 0 Å². The minimum absolute atomic E-state index is 0.0359. The van der Waals surface area contributed by atoms with Gasteiger partial charge in [0.2, 0.25) is 5.88 Å². The lowest BCUT2D eigenvalue weighted by atomic mass is 10.1. The Labute approximate surface area is 149 Å². The largest absolute Gasteiger partial charge is 0.481 e. The number of furan rings is 1. The summed E-state index contributed by atoms with van der Waals surface area (Å²) in [5.41, 5.74) is -0.120. The van der Waals surface area contributed by atoms with E-state index < -0.39 is 30.1 Å². The van der Waals surface area contributed by atoms with Gasteiger partial charge in [0.1, 0.15) is 11.3 Å². The number of ether oxygens (including phenoxy) is 2. The summed E-state index contributed by atoms with van der Waals surface area (Å²) in [7, 11) is 0. The molecule has 0 aliphatic carbocycles. The Morgan fingerprint density at radius 3 is 2.50 bits per heavy atom. The highest BCUT2D eigenvalue weighted by molar-refractivity contribution is 6.10. The zero-order valence-electron chi connectivity index (χ0n) is 14.6. The zero-order chi connectivity index (χ0) is 19.3. The molecule has 0 aliphatic heterocycles. The van der Waals surface area contributed by atoms with E-state index in [9.17, 15) is 18.8 Å². The Kier molecular flexibility index (Phi) is 6.11. The second-order valence-electron chi connectivity index (χ2n) is 5.28. The minimum Gasteiger partial charge on any atom is -0.481 e. The summed E-state index contributed by atoms with van der Waals surface area (Å²) in [6.07, 6.45) is 0. The lowest BCUT2D eigenvalue weighted by Gasteiger charge is -2.08. The van der Waals surface area contributed by atoms with E-state index in [2.05, 4.69) is 5.32 Å². The average Bonchev–Trinajstić information content (AvgIpc) is 2.90. The number of aryl methyl sites for hydroxylation is 1. The van der Waals surface area contributed by atoms with E-state index in [4.69, 9.17) is 13.9 Å². The van der Waals surface area contributed by atoms with Crippen molar-refractivity contribution in [3.05, 3.63) is 47.0 Å². The third-order valence-corrected chi connectivity index (χ3v) is 3.36. The molecule has 7 nitrogen and oxygen atoms in total. The second-order valence-corrected chi connectivity index (χ2v) is 5.28. The second kappa shape index (κ2) is 8.28. The molecule has 1 heterocycles. The number of hydrogen-bond donors (Lipinski definition) is 1. The molecule has 0 radical (unpaired) electrons. The number of rotatable bonds is 7. The Morgan fingerprint density at radius 2 is 1.88 bits per heavy atom. The molecule has 26 heavy (non-hydrogen) atoms. The van der Waals surface area contributed by atoms with Crippen LogP contribution in [0.5, 0.6) is 5.75 Å². The fraction of sp³-hybridized carbons (Fsp3) is 0.278. The van der Waals surface area contributed by atoms with Crippen molar-refractivity contribution in [1.29, 1.82) is 0 Å². The number of carbonyl (C=O) groups excluding carboxylic acids is 3. The number of halogens is 1. The maximum absolute atomic E-state index is 13.5. The summed E-state index contributed by atoms with van der Waals surface area (Å²) in [6.45, 7) is 3.94. The topological polar surface area (TPSA) is 94.8 Å². The average molecular weight is 363 g/mol. The summed E-state index contributed by atoms with van der Waals surface area (Å²) in [6, 6.07) is 5.62.